The molecule has 2 rings (SSSR count). The van der Waals surface area contributed by atoms with Gasteiger partial charge in [-0.15, -0.1) is 0 Å². The Morgan fingerprint density at radius 2 is 1.94 bits per heavy atom. The molecule has 1 atom stereocenters. The highest BCUT2D eigenvalue weighted by Crippen LogP contribution is 2.28. The van der Waals surface area contributed by atoms with Crippen molar-refractivity contribution in [1.29, 1.82) is 0 Å². The summed E-state index contributed by atoms with van der Waals surface area (Å²) in [6, 6.07) is 5.63. The lowest BCUT2D eigenvalue weighted by Gasteiger charge is -2.36. The molecule has 0 aliphatic carbocycles. The van der Waals surface area contributed by atoms with E-state index in [1.165, 1.54) is 0 Å². The summed E-state index contributed by atoms with van der Waals surface area (Å²) in [5, 5.41) is 14.8. The Labute approximate surface area is 190 Å². The Morgan fingerprint density at radius 1 is 1.25 bits per heavy atom. The SMILES string of the molecule is C=C1NC(=O)CCC1N(C)C(=C)c1ccc(NCCCCCCCCC(=O)O)cc1C=O. The number of nitrogens with zero attached hydrogens (tertiary/aromatic N) is 1. The fourth-order valence-electron chi connectivity index (χ4n) is 3.95. The number of unbranched alkanes of at least 4 members (excludes halogenated alkanes) is 5. The Balaban J connectivity index is 1.82. The molecule has 1 saturated heterocycles. The first kappa shape index (κ1) is 25.2. The number of anilines is 1. The van der Waals surface area contributed by atoms with Gasteiger partial charge in [-0.2, -0.15) is 0 Å². The Morgan fingerprint density at radius 3 is 2.59 bits per heavy atom. The van der Waals surface area contributed by atoms with Gasteiger partial charge in [0.25, 0.3) is 0 Å². The topological polar surface area (TPSA) is 98.7 Å². The Kier molecular flexibility index (Phi) is 9.98. The van der Waals surface area contributed by atoms with Gasteiger partial charge in [0.2, 0.25) is 5.91 Å². The fourth-order valence-corrected chi connectivity index (χ4v) is 3.95. The van der Waals surface area contributed by atoms with Gasteiger partial charge in [0.1, 0.15) is 0 Å². The van der Waals surface area contributed by atoms with E-state index in [1.54, 1.807) is 0 Å². The minimum absolute atomic E-state index is 0.0209. The van der Waals surface area contributed by atoms with Gasteiger partial charge >= 0.3 is 5.97 Å². The maximum Gasteiger partial charge on any atom is 0.303 e. The molecule has 1 unspecified atom stereocenters. The lowest BCUT2D eigenvalue weighted by atomic mass is 9.99. The van der Waals surface area contributed by atoms with Crippen LogP contribution in [0.4, 0.5) is 5.69 Å². The zero-order chi connectivity index (χ0) is 23.5. The first-order valence-electron chi connectivity index (χ1n) is 11.3. The molecule has 32 heavy (non-hydrogen) atoms. The van der Waals surface area contributed by atoms with Crippen LogP contribution >= 0.6 is 0 Å². The number of aldehydes is 1. The van der Waals surface area contributed by atoms with E-state index in [4.69, 9.17) is 5.11 Å². The molecule has 1 amide bonds. The zero-order valence-electron chi connectivity index (χ0n) is 19.0. The molecule has 1 aliphatic rings. The highest BCUT2D eigenvalue weighted by atomic mass is 16.4. The summed E-state index contributed by atoms with van der Waals surface area (Å²) in [4.78, 5) is 35.7. The van der Waals surface area contributed by atoms with Crippen molar-refractivity contribution in [2.75, 3.05) is 18.9 Å². The number of rotatable bonds is 14. The number of carboxylic acids is 1. The van der Waals surface area contributed by atoms with Gasteiger partial charge in [-0.3, -0.25) is 14.4 Å². The van der Waals surface area contributed by atoms with Gasteiger partial charge in [0, 0.05) is 54.6 Å². The fraction of sp³-hybridized carbons (Fsp3) is 0.480. The van der Waals surface area contributed by atoms with Crippen LogP contribution in [0.5, 0.6) is 0 Å². The van der Waals surface area contributed by atoms with Crippen molar-refractivity contribution >= 4 is 29.5 Å². The standard InChI is InChI=1S/C25H35N3O4/c1-18-23(13-14-24(30)27-18)28(3)19(2)22-12-11-21(16-20(22)17-29)26-15-9-7-5-4-6-8-10-25(31)32/h11-12,16-17,23,26H,1-2,4-10,13-15H2,3H3,(H,27,30)(H,31,32). The third-order valence-corrected chi connectivity index (χ3v) is 5.88. The number of aliphatic carboxylic acids is 1. The maximum absolute atomic E-state index is 11.7. The number of amides is 1. The quantitative estimate of drug-likeness (QED) is 0.292. The molecule has 3 N–H and O–H groups in total. The molecule has 1 heterocycles. The molecular weight excluding hydrogens is 406 g/mol. The van der Waals surface area contributed by atoms with E-state index in [2.05, 4.69) is 23.8 Å². The van der Waals surface area contributed by atoms with E-state index in [-0.39, 0.29) is 18.4 Å². The van der Waals surface area contributed by atoms with E-state index in [0.29, 0.717) is 29.8 Å². The predicted molar refractivity (Wildman–Crippen MR) is 127 cm³/mol. The number of carbonyl (C=O) groups is 3. The molecule has 0 spiro atoms. The number of benzene rings is 1. The van der Waals surface area contributed by atoms with Gasteiger partial charge in [-0.1, -0.05) is 44.9 Å². The smallest absolute Gasteiger partial charge is 0.303 e. The zero-order valence-corrected chi connectivity index (χ0v) is 19.0. The number of piperidine rings is 1. The van der Waals surface area contributed by atoms with E-state index >= 15 is 0 Å². The van der Waals surface area contributed by atoms with Crippen LogP contribution in [-0.4, -0.2) is 47.8 Å². The molecule has 174 valence electrons. The number of hydrogen-bond acceptors (Lipinski definition) is 5. The van der Waals surface area contributed by atoms with Gasteiger partial charge < -0.3 is 20.6 Å². The van der Waals surface area contributed by atoms with E-state index in [1.807, 2.05) is 30.1 Å². The molecule has 1 aromatic carbocycles. The molecule has 0 aromatic heterocycles. The molecule has 1 fully saturated rings. The van der Waals surface area contributed by atoms with Crippen molar-refractivity contribution in [3.8, 4) is 0 Å². The van der Waals surface area contributed by atoms with E-state index in [9.17, 15) is 14.4 Å². The summed E-state index contributed by atoms with van der Waals surface area (Å²) in [6.45, 7) is 8.95. The summed E-state index contributed by atoms with van der Waals surface area (Å²) in [5.74, 6) is -0.745. The van der Waals surface area contributed by atoms with Crippen LogP contribution in [0.2, 0.25) is 0 Å². The van der Waals surface area contributed by atoms with Crippen molar-refractivity contribution in [1.82, 2.24) is 10.2 Å². The minimum Gasteiger partial charge on any atom is -0.481 e. The number of carboxylic acid groups (broad SMARTS) is 1. The second kappa shape index (κ2) is 12.7. The molecule has 0 radical (unpaired) electrons. The van der Waals surface area contributed by atoms with E-state index in [0.717, 1.165) is 62.6 Å². The largest absolute Gasteiger partial charge is 0.481 e. The lowest BCUT2D eigenvalue weighted by molar-refractivity contribution is -0.137. The summed E-state index contributed by atoms with van der Waals surface area (Å²) < 4.78 is 0. The van der Waals surface area contributed by atoms with Crippen LogP contribution in [0.3, 0.4) is 0 Å². The first-order valence-corrected chi connectivity index (χ1v) is 11.3. The maximum atomic E-state index is 11.7. The molecule has 1 aromatic rings. The molecule has 7 heteroatoms. The number of nitrogens with one attached hydrogen (secondary N) is 2. The van der Waals surface area contributed by atoms with Crippen LogP contribution in [0, 0.1) is 0 Å². The lowest BCUT2D eigenvalue weighted by Crippen LogP contribution is -2.43. The molecule has 0 bridgehead atoms. The normalized spacial score (nSPS) is 15.7. The second-order valence-corrected chi connectivity index (χ2v) is 8.30. The van der Waals surface area contributed by atoms with E-state index < -0.39 is 5.97 Å². The van der Waals surface area contributed by atoms with Crippen LogP contribution in [0.25, 0.3) is 5.70 Å². The second-order valence-electron chi connectivity index (χ2n) is 8.30. The third kappa shape index (κ3) is 7.55. The van der Waals surface area contributed by atoms with Crippen LogP contribution < -0.4 is 10.6 Å². The van der Waals surface area contributed by atoms with Crippen LogP contribution in [0.1, 0.15) is 73.7 Å². The number of likely N-dealkylation sites (N-methyl/N-ethyl adjacent to an activating group) is 1. The average Bonchev–Trinajstić information content (AvgIpc) is 2.76. The summed E-state index contributed by atoms with van der Waals surface area (Å²) in [7, 11) is 1.90. The highest BCUT2D eigenvalue weighted by Gasteiger charge is 2.27. The summed E-state index contributed by atoms with van der Waals surface area (Å²) >= 11 is 0. The van der Waals surface area contributed by atoms with Crippen molar-refractivity contribution < 1.29 is 19.5 Å². The molecule has 0 saturated carbocycles. The average molecular weight is 442 g/mol. The summed E-state index contributed by atoms with van der Waals surface area (Å²) in [6.07, 6.45) is 8.16. The molecule has 7 nitrogen and oxygen atoms in total. The van der Waals surface area contributed by atoms with Crippen molar-refractivity contribution in [3.05, 3.63) is 48.2 Å². The van der Waals surface area contributed by atoms with Gasteiger partial charge in [-0.05, 0) is 31.4 Å². The third-order valence-electron chi connectivity index (χ3n) is 5.88. The Hall–Kier alpha value is -3.09. The summed E-state index contributed by atoms with van der Waals surface area (Å²) in [5.41, 5.74) is 3.58. The van der Waals surface area contributed by atoms with Crippen LogP contribution in [-0.2, 0) is 9.59 Å². The van der Waals surface area contributed by atoms with Gasteiger partial charge in [0.05, 0.1) is 6.04 Å². The Bertz CT molecular complexity index is 850. The van der Waals surface area contributed by atoms with Crippen molar-refractivity contribution in [3.63, 3.8) is 0 Å². The predicted octanol–water partition coefficient (Wildman–Crippen LogP) is 4.42. The highest BCUT2D eigenvalue weighted by molar-refractivity contribution is 5.86. The number of carbonyl (C=O) groups excluding carboxylic acids is 2. The number of hydrogen-bond donors (Lipinski definition) is 3. The first-order chi connectivity index (χ1) is 15.3. The monoisotopic (exact) mass is 441 g/mol. The molecular formula is C25H35N3O4. The van der Waals surface area contributed by atoms with Gasteiger partial charge in [-0.25, -0.2) is 0 Å². The van der Waals surface area contributed by atoms with Gasteiger partial charge in [0.15, 0.2) is 6.29 Å². The van der Waals surface area contributed by atoms with Crippen molar-refractivity contribution in [2.24, 2.45) is 0 Å². The van der Waals surface area contributed by atoms with Crippen molar-refractivity contribution in [2.45, 2.75) is 63.8 Å². The molecule has 1 aliphatic heterocycles. The minimum atomic E-state index is -0.724. The van der Waals surface area contributed by atoms with Crippen LogP contribution in [0.15, 0.2) is 37.1 Å².